The van der Waals surface area contributed by atoms with Gasteiger partial charge in [-0.15, -0.1) is 0 Å². The fourth-order valence-electron chi connectivity index (χ4n) is 7.98. The molecule has 0 saturated heterocycles. The van der Waals surface area contributed by atoms with E-state index < -0.39 is 0 Å². The quantitative estimate of drug-likeness (QED) is 0.152. The summed E-state index contributed by atoms with van der Waals surface area (Å²) in [5.74, 6) is 0. The number of nitrogens with zero attached hydrogens (tertiary/aromatic N) is 2. The van der Waals surface area contributed by atoms with Crippen molar-refractivity contribution < 1.29 is 0 Å². The Hall–Kier alpha value is -7.42. The van der Waals surface area contributed by atoms with Crippen molar-refractivity contribution in [3.63, 3.8) is 0 Å². The molecule has 1 heterocycles. The summed E-state index contributed by atoms with van der Waals surface area (Å²) in [7, 11) is 0. The standard InChI is InChI=1S/C54H38N2/c1-4-12-39(13-5-1)42-24-31-48(32-25-42)55(47-16-8-3-9-17-47)49-33-26-44(27-34-49)41-20-22-45(23-21-41)46-30-37-54-52(38-46)51-18-10-11-19-53(51)56(54)50-35-28-43(29-36-50)40-14-6-2-7-15-40/h1-38H. The third-order valence-electron chi connectivity index (χ3n) is 10.8. The van der Waals surface area contributed by atoms with Crippen LogP contribution in [0.25, 0.3) is 72.0 Å². The number of para-hydroxylation sites is 2. The predicted molar refractivity (Wildman–Crippen MR) is 237 cm³/mol. The van der Waals surface area contributed by atoms with E-state index in [2.05, 4.69) is 240 Å². The van der Waals surface area contributed by atoms with E-state index in [1.807, 2.05) is 0 Å². The molecule has 0 radical (unpaired) electrons. The molecule has 264 valence electrons. The molecule has 0 fully saturated rings. The summed E-state index contributed by atoms with van der Waals surface area (Å²) in [6.45, 7) is 0. The van der Waals surface area contributed by atoms with Gasteiger partial charge in [0.1, 0.15) is 0 Å². The van der Waals surface area contributed by atoms with Crippen LogP contribution in [0, 0.1) is 0 Å². The third kappa shape index (κ3) is 6.24. The molecule has 10 aromatic rings. The molecule has 0 aliphatic carbocycles. The van der Waals surface area contributed by atoms with E-state index in [1.54, 1.807) is 0 Å². The molecule has 56 heavy (non-hydrogen) atoms. The van der Waals surface area contributed by atoms with Crippen molar-refractivity contribution in [1.82, 2.24) is 4.57 Å². The van der Waals surface area contributed by atoms with Crippen LogP contribution in [0.5, 0.6) is 0 Å². The third-order valence-corrected chi connectivity index (χ3v) is 10.8. The lowest BCUT2D eigenvalue weighted by atomic mass is 9.98. The average Bonchev–Trinajstić information content (AvgIpc) is 3.62. The summed E-state index contributed by atoms with van der Waals surface area (Å²) in [6.07, 6.45) is 0. The molecule has 0 aliphatic rings. The lowest BCUT2D eigenvalue weighted by molar-refractivity contribution is 1.18. The summed E-state index contributed by atoms with van der Waals surface area (Å²) in [5, 5.41) is 2.51. The average molecular weight is 715 g/mol. The van der Waals surface area contributed by atoms with Gasteiger partial charge in [0.2, 0.25) is 0 Å². The number of benzene rings is 9. The zero-order valence-electron chi connectivity index (χ0n) is 30.8. The first-order valence-electron chi connectivity index (χ1n) is 19.2. The first-order chi connectivity index (χ1) is 27.8. The van der Waals surface area contributed by atoms with Gasteiger partial charge in [0.15, 0.2) is 0 Å². The van der Waals surface area contributed by atoms with Gasteiger partial charge < -0.3 is 9.47 Å². The maximum absolute atomic E-state index is 2.38. The van der Waals surface area contributed by atoms with Crippen LogP contribution in [0.4, 0.5) is 17.1 Å². The normalized spacial score (nSPS) is 11.2. The zero-order valence-corrected chi connectivity index (χ0v) is 30.8. The van der Waals surface area contributed by atoms with Gasteiger partial charge in [0.25, 0.3) is 0 Å². The topological polar surface area (TPSA) is 8.17 Å². The second-order valence-electron chi connectivity index (χ2n) is 14.2. The summed E-state index contributed by atoms with van der Waals surface area (Å²) >= 11 is 0. The molecular weight excluding hydrogens is 677 g/mol. The monoisotopic (exact) mass is 714 g/mol. The molecule has 0 N–H and O–H groups in total. The Morgan fingerprint density at radius 2 is 0.607 bits per heavy atom. The summed E-state index contributed by atoms with van der Waals surface area (Å²) in [5.41, 5.74) is 16.6. The molecule has 10 rings (SSSR count). The van der Waals surface area contributed by atoms with Gasteiger partial charge in [-0.25, -0.2) is 0 Å². The number of hydrogen-bond acceptors (Lipinski definition) is 1. The van der Waals surface area contributed by atoms with Crippen LogP contribution in [0.15, 0.2) is 231 Å². The van der Waals surface area contributed by atoms with E-state index in [-0.39, 0.29) is 0 Å². The number of rotatable bonds is 8. The van der Waals surface area contributed by atoms with E-state index in [4.69, 9.17) is 0 Å². The molecule has 0 amide bonds. The molecule has 0 aliphatic heterocycles. The van der Waals surface area contributed by atoms with Crippen LogP contribution < -0.4 is 4.90 Å². The molecule has 0 spiro atoms. The second-order valence-corrected chi connectivity index (χ2v) is 14.2. The molecular formula is C54H38N2. The smallest absolute Gasteiger partial charge is 0.0541 e. The van der Waals surface area contributed by atoms with E-state index in [9.17, 15) is 0 Å². The van der Waals surface area contributed by atoms with Crippen LogP contribution >= 0.6 is 0 Å². The number of anilines is 3. The highest BCUT2D eigenvalue weighted by Gasteiger charge is 2.15. The number of fused-ring (bicyclic) bond motifs is 3. The predicted octanol–water partition coefficient (Wildman–Crippen LogP) is 14.9. The highest BCUT2D eigenvalue weighted by atomic mass is 15.1. The van der Waals surface area contributed by atoms with Crippen molar-refractivity contribution in [2.24, 2.45) is 0 Å². The minimum absolute atomic E-state index is 1.11. The summed E-state index contributed by atoms with van der Waals surface area (Å²) < 4.78 is 2.38. The Morgan fingerprint density at radius 3 is 1.14 bits per heavy atom. The van der Waals surface area contributed by atoms with Crippen LogP contribution in [0.2, 0.25) is 0 Å². The minimum Gasteiger partial charge on any atom is -0.311 e. The molecule has 2 nitrogen and oxygen atoms in total. The van der Waals surface area contributed by atoms with Gasteiger partial charge in [0.05, 0.1) is 11.0 Å². The Balaban J connectivity index is 0.934. The molecule has 0 unspecified atom stereocenters. The number of aromatic nitrogens is 1. The fraction of sp³-hybridized carbons (Fsp3) is 0. The first-order valence-corrected chi connectivity index (χ1v) is 19.2. The molecule has 9 aromatic carbocycles. The van der Waals surface area contributed by atoms with E-state index in [0.29, 0.717) is 0 Å². The van der Waals surface area contributed by atoms with Gasteiger partial charge in [-0.3, -0.25) is 0 Å². The van der Waals surface area contributed by atoms with Crippen LogP contribution in [-0.2, 0) is 0 Å². The van der Waals surface area contributed by atoms with Gasteiger partial charge in [-0.05, 0) is 111 Å². The molecule has 2 heteroatoms. The van der Waals surface area contributed by atoms with Crippen molar-refractivity contribution in [1.29, 1.82) is 0 Å². The lowest BCUT2D eigenvalue weighted by Crippen LogP contribution is -2.09. The fourth-order valence-corrected chi connectivity index (χ4v) is 7.98. The molecule has 0 saturated carbocycles. The molecule has 0 atom stereocenters. The van der Waals surface area contributed by atoms with E-state index in [1.165, 1.54) is 66.3 Å². The van der Waals surface area contributed by atoms with Crippen molar-refractivity contribution >= 4 is 38.9 Å². The molecule has 1 aromatic heterocycles. The van der Waals surface area contributed by atoms with E-state index >= 15 is 0 Å². The van der Waals surface area contributed by atoms with Gasteiger partial charge >= 0.3 is 0 Å². The summed E-state index contributed by atoms with van der Waals surface area (Å²) in [6, 6.07) is 82.9. The zero-order chi connectivity index (χ0) is 37.3. The minimum atomic E-state index is 1.11. The van der Waals surface area contributed by atoms with Crippen molar-refractivity contribution in [3.8, 4) is 50.2 Å². The van der Waals surface area contributed by atoms with Gasteiger partial charge in [0, 0.05) is 33.5 Å². The van der Waals surface area contributed by atoms with Crippen molar-refractivity contribution in [2.75, 3.05) is 4.90 Å². The largest absolute Gasteiger partial charge is 0.311 e. The van der Waals surface area contributed by atoms with Crippen LogP contribution in [0.1, 0.15) is 0 Å². The Morgan fingerprint density at radius 1 is 0.250 bits per heavy atom. The van der Waals surface area contributed by atoms with Crippen LogP contribution in [0.3, 0.4) is 0 Å². The van der Waals surface area contributed by atoms with Crippen molar-refractivity contribution in [3.05, 3.63) is 231 Å². The highest BCUT2D eigenvalue weighted by molar-refractivity contribution is 6.10. The lowest BCUT2D eigenvalue weighted by Gasteiger charge is -2.26. The SMILES string of the molecule is c1ccc(-c2ccc(N(c3ccccc3)c3ccc(-c4ccc(-c5ccc6c(c5)c5ccccc5n6-c5ccc(-c6ccccc6)cc5)cc4)cc3)cc2)cc1. The highest BCUT2D eigenvalue weighted by Crippen LogP contribution is 2.38. The van der Waals surface area contributed by atoms with Crippen molar-refractivity contribution in [2.45, 2.75) is 0 Å². The van der Waals surface area contributed by atoms with Gasteiger partial charge in [-0.2, -0.15) is 0 Å². The van der Waals surface area contributed by atoms with Gasteiger partial charge in [-0.1, -0.05) is 164 Å². The Kier molecular flexibility index (Phi) is 8.55. The molecule has 0 bridgehead atoms. The maximum atomic E-state index is 2.38. The van der Waals surface area contributed by atoms with E-state index in [0.717, 1.165) is 22.7 Å². The summed E-state index contributed by atoms with van der Waals surface area (Å²) in [4.78, 5) is 2.31. The van der Waals surface area contributed by atoms with Crippen LogP contribution in [-0.4, -0.2) is 4.57 Å². The first kappa shape index (κ1) is 33.2. The second kappa shape index (κ2) is 14.4. The maximum Gasteiger partial charge on any atom is 0.0541 e. The number of hydrogen-bond donors (Lipinski definition) is 0. The Bertz CT molecular complexity index is 2890. The Labute approximate surface area is 327 Å².